The summed E-state index contributed by atoms with van der Waals surface area (Å²) >= 11 is 11.8. The molecule has 0 radical (unpaired) electrons. The van der Waals surface area contributed by atoms with Crippen molar-refractivity contribution in [3.8, 4) is 0 Å². The minimum absolute atomic E-state index is 0.111. The van der Waals surface area contributed by atoms with Crippen molar-refractivity contribution in [2.75, 3.05) is 0 Å². The van der Waals surface area contributed by atoms with E-state index in [2.05, 4.69) is 0 Å². The fourth-order valence-corrected chi connectivity index (χ4v) is 2.41. The highest BCUT2D eigenvalue weighted by atomic mass is 35.5. The van der Waals surface area contributed by atoms with E-state index in [0.29, 0.717) is 11.4 Å². The van der Waals surface area contributed by atoms with Crippen LogP contribution in [0.1, 0.15) is 18.1 Å². The monoisotopic (exact) mass is 297 g/mol. The average Bonchev–Trinajstić information content (AvgIpc) is 2.33. The summed E-state index contributed by atoms with van der Waals surface area (Å²) in [6, 6.07) is 12.1. The molecule has 0 aliphatic heterocycles. The molecule has 2 aromatic carbocycles. The van der Waals surface area contributed by atoms with Crippen LogP contribution in [0.5, 0.6) is 0 Å². The molecule has 1 atom stereocenters. The Kier molecular flexibility index (Phi) is 4.14. The molecular formula is C15H14Cl2FN. The number of hydrogen-bond donors (Lipinski definition) is 1. The first-order valence-electron chi connectivity index (χ1n) is 5.87. The average molecular weight is 298 g/mol. The van der Waals surface area contributed by atoms with Crippen molar-refractivity contribution >= 4 is 23.2 Å². The molecule has 0 bridgehead atoms. The van der Waals surface area contributed by atoms with Crippen LogP contribution in [0.2, 0.25) is 10.0 Å². The van der Waals surface area contributed by atoms with Gasteiger partial charge in [0.15, 0.2) is 0 Å². The van der Waals surface area contributed by atoms with E-state index < -0.39 is 11.4 Å². The van der Waals surface area contributed by atoms with Crippen molar-refractivity contribution in [2.24, 2.45) is 5.73 Å². The fourth-order valence-electron chi connectivity index (χ4n) is 2.02. The Bertz CT molecular complexity index is 596. The minimum Gasteiger partial charge on any atom is -0.321 e. The normalized spacial score (nSPS) is 14.2. The zero-order valence-electron chi connectivity index (χ0n) is 10.5. The standard InChI is InChI=1S/C15H14Cl2FN/c1-15(19,11-3-2-4-12(16)8-11)9-10-5-6-14(18)13(17)7-10/h2-8H,9,19H2,1H3. The topological polar surface area (TPSA) is 26.0 Å². The van der Waals surface area contributed by atoms with E-state index in [-0.39, 0.29) is 5.02 Å². The second kappa shape index (κ2) is 5.49. The first kappa shape index (κ1) is 14.3. The zero-order valence-corrected chi connectivity index (χ0v) is 12.0. The number of nitrogens with two attached hydrogens (primary N) is 1. The van der Waals surface area contributed by atoms with Crippen molar-refractivity contribution in [1.29, 1.82) is 0 Å². The summed E-state index contributed by atoms with van der Waals surface area (Å²) in [5.41, 5.74) is 7.56. The number of rotatable bonds is 3. The van der Waals surface area contributed by atoms with Crippen LogP contribution in [0.25, 0.3) is 0 Å². The summed E-state index contributed by atoms with van der Waals surface area (Å²) in [6.45, 7) is 1.91. The van der Waals surface area contributed by atoms with Gasteiger partial charge in [-0.25, -0.2) is 4.39 Å². The molecule has 0 heterocycles. The largest absolute Gasteiger partial charge is 0.321 e. The van der Waals surface area contributed by atoms with Crippen LogP contribution in [0, 0.1) is 5.82 Å². The molecule has 0 saturated carbocycles. The van der Waals surface area contributed by atoms with Gasteiger partial charge in [0.25, 0.3) is 0 Å². The Morgan fingerprint density at radius 3 is 2.53 bits per heavy atom. The van der Waals surface area contributed by atoms with Gasteiger partial charge in [-0.3, -0.25) is 0 Å². The van der Waals surface area contributed by atoms with E-state index in [1.165, 1.54) is 6.07 Å². The van der Waals surface area contributed by atoms with Gasteiger partial charge in [-0.1, -0.05) is 41.4 Å². The second-order valence-corrected chi connectivity index (χ2v) is 5.70. The molecule has 0 amide bonds. The maximum Gasteiger partial charge on any atom is 0.141 e. The van der Waals surface area contributed by atoms with Gasteiger partial charge >= 0.3 is 0 Å². The van der Waals surface area contributed by atoms with Gasteiger partial charge < -0.3 is 5.73 Å². The lowest BCUT2D eigenvalue weighted by atomic mass is 9.86. The van der Waals surface area contributed by atoms with Gasteiger partial charge in [-0.2, -0.15) is 0 Å². The molecule has 0 saturated heterocycles. The van der Waals surface area contributed by atoms with Gasteiger partial charge in [-0.15, -0.1) is 0 Å². The van der Waals surface area contributed by atoms with Gasteiger partial charge in [0.1, 0.15) is 5.82 Å². The van der Waals surface area contributed by atoms with Gasteiger partial charge in [0.05, 0.1) is 5.02 Å². The lowest BCUT2D eigenvalue weighted by Crippen LogP contribution is -2.35. The second-order valence-electron chi connectivity index (χ2n) is 4.85. The lowest BCUT2D eigenvalue weighted by molar-refractivity contribution is 0.491. The van der Waals surface area contributed by atoms with E-state index in [1.807, 2.05) is 25.1 Å². The van der Waals surface area contributed by atoms with Gasteiger partial charge in [0.2, 0.25) is 0 Å². The molecule has 4 heteroatoms. The quantitative estimate of drug-likeness (QED) is 0.884. The van der Waals surface area contributed by atoms with Gasteiger partial charge in [-0.05, 0) is 48.7 Å². The van der Waals surface area contributed by atoms with E-state index >= 15 is 0 Å². The predicted octanol–water partition coefficient (Wildman–Crippen LogP) is 4.55. The third-order valence-corrected chi connectivity index (χ3v) is 3.56. The summed E-state index contributed by atoms with van der Waals surface area (Å²) in [5, 5.41) is 0.755. The Hall–Kier alpha value is -1.09. The Morgan fingerprint density at radius 1 is 1.16 bits per heavy atom. The Morgan fingerprint density at radius 2 is 1.89 bits per heavy atom. The minimum atomic E-state index is -0.591. The molecule has 0 aromatic heterocycles. The number of halogens is 3. The van der Waals surface area contributed by atoms with Gasteiger partial charge in [0, 0.05) is 10.6 Å². The lowest BCUT2D eigenvalue weighted by Gasteiger charge is -2.25. The van der Waals surface area contributed by atoms with Crippen molar-refractivity contribution < 1.29 is 4.39 Å². The predicted molar refractivity (Wildman–Crippen MR) is 78.1 cm³/mol. The number of hydrogen-bond acceptors (Lipinski definition) is 1. The summed E-state index contributed by atoms with van der Waals surface area (Å²) in [6.07, 6.45) is 0.549. The number of benzene rings is 2. The van der Waals surface area contributed by atoms with Crippen LogP contribution in [-0.4, -0.2) is 0 Å². The Labute approximate surface area is 122 Å². The Balaban J connectivity index is 2.27. The summed E-state index contributed by atoms with van der Waals surface area (Å²) in [4.78, 5) is 0. The highest BCUT2D eigenvalue weighted by Crippen LogP contribution is 2.26. The smallest absolute Gasteiger partial charge is 0.141 e. The third kappa shape index (κ3) is 3.47. The van der Waals surface area contributed by atoms with E-state index in [1.54, 1.807) is 18.2 Å². The van der Waals surface area contributed by atoms with Crippen LogP contribution in [0.15, 0.2) is 42.5 Å². The zero-order chi connectivity index (χ0) is 14.0. The molecule has 100 valence electrons. The van der Waals surface area contributed by atoms with Crippen LogP contribution >= 0.6 is 23.2 Å². The molecule has 0 spiro atoms. The SMILES string of the molecule is CC(N)(Cc1ccc(F)c(Cl)c1)c1cccc(Cl)c1. The summed E-state index contributed by atoms with van der Waals surface area (Å²) < 4.78 is 13.1. The van der Waals surface area contributed by atoms with Crippen molar-refractivity contribution in [3.63, 3.8) is 0 Å². The molecule has 1 nitrogen and oxygen atoms in total. The van der Waals surface area contributed by atoms with Crippen LogP contribution in [0.3, 0.4) is 0 Å². The molecule has 2 rings (SSSR count). The van der Waals surface area contributed by atoms with E-state index in [0.717, 1.165) is 11.1 Å². The van der Waals surface area contributed by atoms with Crippen molar-refractivity contribution in [1.82, 2.24) is 0 Å². The molecule has 0 fully saturated rings. The first-order valence-corrected chi connectivity index (χ1v) is 6.63. The summed E-state index contributed by atoms with van der Waals surface area (Å²) in [7, 11) is 0. The third-order valence-electron chi connectivity index (χ3n) is 3.04. The van der Waals surface area contributed by atoms with Crippen LogP contribution in [-0.2, 0) is 12.0 Å². The molecular weight excluding hydrogens is 284 g/mol. The molecule has 2 aromatic rings. The molecule has 1 unspecified atom stereocenters. The maximum absolute atomic E-state index is 13.1. The highest BCUT2D eigenvalue weighted by molar-refractivity contribution is 6.31. The summed E-state index contributed by atoms with van der Waals surface area (Å²) in [5.74, 6) is -0.424. The highest BCUT2D eigenvalue weighted by Gasteiger charge is 2.22. The fraction of sp³-hybridized carbons (Fsp3) is 0.200. The first-order chi connectivity index (χ1) is 8.88. The molecule has 19 heavy (non-hydrogen) atoms. The maximum atomic E-state index is 13.1. The molecule has 0 aliphatic carbocycles. The van der Waals surface area contributed by atoms with E-state index in [4.69, 9.17) is 28.9 Å². The molecule has 0 aliphatic rings. The van der Waals surface area contributed by atoms with Crippen LogP contribution < -0.4 is 5.73 Å². The van der Waals surface area contributed by atoms with Crippen LogP contribution in [0.4, 0.5) is 4.39 Å². The molecule has 2 N–H and O–H groups in total. The van der Waals surface area contributed by atoms with Crippen molar-refractivity contribution in [3.05, 3.63) is 69.5 Å². The van der Waals surface area contributed by atoms with E-state index in [9.17, 15) is 4.39 Å². The van der Waals surface area contributed by atoms with Crippen molar-refractivity contribution in [2.45, 2.75) is 18.9 Å².